The SMILES string of the molecule is CC1(C)c2ccccc2-c2ccc(N(C3=CC=C(c4ccccc4)CC3)c3cccc(-c4cccc5c4sc4ccccc45)c3)cc21. The molecule has 1 aromatic heterocycles. The third-order valence-electron chi connectivity index (χ3n) is 10.2. The Morgan fingerprint density at radius 1 is 0.532 bits per heavy atom. The highest BCUT2D eigenvalue weighted by atomic mass is 32.1. The van der Waals surface area contributed by atoms with Crippen LogP contribution in [0.2, 0.25) is 0 Å². The van der Waals surface area contributed by atoms with Crippen molar-refractivity contribution in [3.63, 3.8) is 0 Å². The summed E-state index contributed by atoms with van der Waals surface area (Å²) >= 11 is 1.89. The predicted octanol–water partition coefficient (Wildman–Crippen LogP) is 12.9. The first-order valence-electron chi connectivity index (χ1n) is 16.6. The second kappa shape index (κ2) is 11.0. The first-order chi connectivity index (χ1) is 23.1. The number of rotatable bonds is 5. The topological polar surface area (TPSA) is 3.24 Å². The molecule has 226 valence electrons. The molecule has 0 aliphatic heterocycles. The van der Waals surface area contributed by atoms with Crippen LogP contribution in [0.4, 0.5) is 11.4 Å². The monoisotopic (exact) mass is 621 g/mol. The lowest BCUT2D eigenvalue weighted by molar-refractivity contribution is 0.660. The number of nitrogens with zero attached hydrogens (tertiary/aromatic N) is 1. The first kappa shape index (κ1) is 28.1. The van der Waals surface area contributed by atoms with Gasteiger partial charge in [-0.15, -0.1) is 11.3 Å². The molecule has 6 aromatic carbocycles. The summed E-state index contributed by atoms with van der Waals surface area (Å²) in [4.78, 5) is 2.51. The van der Waals surface area contributed by atoms with Crippen LogP contribution in [-0.4, -0.2) is 0 Å². The highest BCUT2D eigenvalue weighted by Crippen LogP contribution is 2.51. The number of fused-ring (bicyclic) bond motifs is 6. The molecule has 7 aromatic rings. The van der Waals surface area contributed by atoms with Crippen LogP contribution < -0.4 is 4.90 Å². The summed E-state index contributed by atoms with van der Waals surface area (Å²) in [5.74, 6) is 0. The summed E-state index contributed by atoms with van der Waals surface area (Å²) in [7, 11) is 0. The van der Waals surface area contributed by atoms with Gasteiger partial charge in [-0.25, -0.2) is 0 Å². The standard InChI is InChI=1S/C45H35NS/c1-45(2)41-20-8-6-16-37(41)38-27-26-35(29-42(38)45)46(33-24-22-31(23-25-33)30-12-4-3-5-13-30)34-15-10-14-32(28-34)36-18-11-19-40-39-17-7-9-21-43(39)47-44(36)40/h3-22,24,26-29H,23,25H2,1-2H3. The lowest BCUT2D eigenvalue weighted by Crippen LogP contribution is -2.20. The van der Waals surface area contributed by atoms with Gasteiger partial charge in [0, 0.05) is 42.7 Å². The van der Waals surface area contributed by atoms with E-state index in [-0.39, 0.29) is 5.41 Å². The number of anilines is 2. The fourth-order valence-electron chi connectivity index (χ4n) is 7.80. The number of hydrogen-bond acceptors (Lipinski definition) is 2. The Kier molecular flexibility index (Phi) is 6.55. The maximum atomic E-state index is 2.51. The summed E-state index contributed by atoms with van der Waals surface area (Å²) < 4.78 is 2.68. The number of allylic oxidation sites excluding steroid dienone is 4. The van der Waals surface area contributed by atoms with Gasteiger partial charge in [0.1, 0.15) is 0 Å². The molecule has 2 aliphatic carbocycles. The zero-order valence-corrected chi connectivity index (χ0v) is 27.5. The van der Waals surface area contributed by atoms with E-state index in [4.69, 9.17) is 0 Å². The van der Waals surface area contributed by atoms with E-state index in [1.807, 2.05) is 11.3 Å². The summed E-state index contributed by atoms with van der Waals surface area (Å²) in [6.45, 7) is 4.74. The van der Waals surface area contributed by atoms with E-state index < -0.39 is 0 Å². The quantitative estimate of drug-likeness (QED) is 0.185. The van der Waals surface area contributed by atoms with E-state index in [2.05, 4.69) is 170 Å². The average molecular weight is 622 g/mol. The van der Waals surface area contributed by atoms with Crippen molar-refractivity contribution in [3.05, 3.63) is 174 Å². The molecule has 2 heteroatoms. The van der Waals surface area contributed by atoms with Gasteiger partial charge in [-0.1, -0.05) is 129 Å². The highest BCUT2D eigenvalue weighted by Gasteiger charge is 2.36. The highest BCUT2D eigenvalue weighted by molar-refractivity contribution is 7.26. The Morgan fingerprint density at radius 3 is 2.11 bits per heavy atom. The molecule has 0 fully saturated rings. The van der Waals surface area contributed by atoms with Gasteiger partial charge in [-0.2, -0.15) is 0 Å². The normalized spacial score (nSPS) is 14.9. The zero-order chi connectivity index (χ0) is 31.5. The summed E-state index contributed by atoms with van der Waals surface area (Å²) in [5, 5.41) is 2.67. The molecule has 0 spiro atoms. The molecule has 0 unspecified atom stereocenters. The lowest BCUT2D eigenvalue weighted by atomic mass is 9.82. The smallest absolute Gasteiger partial charge is 0.0464 e. The number of thiophene rings is 1. The second-order valence-electron chi connectivity index (χ2n) is 13.3. The van der Waals surface area contributed by atoms with Gasteiger partial charge in [-0.3, -0.25) is 0 Å². The fraction of sp³-hybridized carbons (Fsp3) is 0.111. The first-order valence-corrected chi connectivity index (χ1v) is 17.4. The van der Waals surface area contributed by atoms with Crippen LogP contribution in [0.3, 0.4) is 0 Å². The van der Waals surface area contributed by atoms with Gasteiger partial charge in [0.05, 0.1) is 0 Å². The molecular weight excluding hydrogens is 587 g/mol. The Hall–Kier alpha value is -5.18. The molecule has 0 N–H and O–H groups in total. The van der Waals surface area contributed by atoms with E-state index in [1.165, 1.54) is 81.8 Å². The van der Waals surface area contributed by atoms with E-state index in [0.29, 0.717) is 0 Å². The van der Waals surface area contributed by atoms with Crippen LogP contribution in [0.15, 0.2) is 157 Å². The van der Waals surface area contributed by atoms with Gasteiger partial charge in [0.25, 0.3) is 0 Å². The molecule has 0 saturated carbocycles. The van der Waals surface area contributed by atoms with Crippen molar-refractivity contribution in [2.24, 2.45) is 0 Å². The molecule has 1 nitrogen and oxygen atoms in total. The van der Waals surface area contributed by atoms with Crippen molar-refractivity contribution in [2.75, 3.05) is 4.90 Å². The fourth-order valence-corrected chi connectivity index (χ4v) is 9.04. The molecule has 0 amide bonds. The lowest BCUT2D eigenvalue weighted by Gasteiger charge is -2.31. The molecular formula is C45H35NS. The molecule has 0 radical (unpaired) electrons. The Balaban J connectivity index is 1.20. The molecule has 9 rings (SSSR count). The van der Waals surface area contributed by atoms with Crippen molar-refractivity contribution in [1.82, 2.24) is 0 Å². The number of hydrogen-bond donors (Lipinski definition) is 0. The van der Waals surface area contributed by atoms with Crippen LogP contribution in [0.25, 0.3) is 48.0 Å². The van der Waals surface area contributed by atoms with Crippen LogP contribution in [0, 0.1) is 0 Å². The Morgan fingerprint density at radius 2 is 1.23 bits per heavy atom. The van der Waals surface area contributed by atoms with Gasteiger partial charge in [-0.05, 0) is 93.8 Å². The van der Waals surface area contributed by atoms with Crippen LogP contribution >= 0.6 is 11.3 Å². The average Bonchev–Trinajstić information content (AvgIpc) is 3.61. The van der Waals surface area contributed by atoms with Gasteiger partial charge < -0.3 is 4.90 Å². The molecule has 0 bridgehead atoms. The third kappa shape index (κ3) is 4.59. The van der Waals surface area contributed by atoms with Gasteiger partial charge in [0.15, 0.2) is 0 Å². The summed E-state index contributed by atoms with van der Waals surface area (Å²) in [6.07, 6.45) is 6.65. The molecule has 2 aliphatic rings. The van der Waals surface area contributed by atoms with E-state index in [9.17, 15) is 0 Å². The maximum Gasteiger partial charge on any atom is 0.0464 e. The Bertz CT molecular complexity index is 2390. The minimum Gasteiger partial charge on any atom is -0.314 e. The van der Waals surface area contributed by atoms with Crippen molar-refractivity contribution < 1.29 is 0 Å². The Labute approximate surface area is 280 Å². The van der Waals surface area contributed by atoms with E-state index >= 15 is 0 Å². The van der Waals surface area contributed by atoms with E-state index in [1.54, 1.807) is 0 Å². The third-order valence-corrected chi connectivity index (χ3v) is 11.4. The predicted molar refractivity (Wildman–Crippen MR) is 203 cm³/mol. The minimum atomic E-state index is -0.0619. The van der Waals surface area contributed by atoms with Crippen molar-refractivity contribution >= 4 is 48.5 Å². The van der Waals surface area contributed by atoms with Crippen LogP contribution in [0.1, 0.15) is 43.4 Å². The maximum absolute atomic E-state index is 2.51. The summed E-state index contributed by atoms with van der Waals surface area (Å²) in [5.41, 5.74) is 14.4. The molecule has 0 atom stereocenters. The van der Waals surface area contributed by atoms with Crippen molar-refractivity contribution in [1.29, 1.82) is 0 Å². The van der Waals surface area contributed by atoms with Crippen LogP contribution in [0.5, 0.6) is 0 Å². The van der Waals surface area contributed by atoms with Gasteiger partial charge >= 0.3 is 0 Å². The van der Waals surface area contributed by atoms with E-state index in [0.717, 1.165) is 12.8 Å². The minimum absolute atomic E-state index is 0.0619. The van der Waals surface area contributed by atoms with Gasteiger partial charge in [0.2, 0.25) is 0 Å². The molecule has 1 heterocycles. The zero-order valence-electron chi connectivity index (χ0n) is 26.7. The number of benzene rings is 6. The summed E-state index contributed by atoms with van der Waals surface area (Å²) in [6, 6.07) is 51.5. The van der Waals surface area contributed by atoms with Crippen molar-refractivity contribution in [3.8, 4) is 22.3 Å². The van der Waals surface area contributed by atoms with Crippen molar-refractivity contribution in [2.45, 2.75) is 32.1 Å². The molecule has 0 saturated heterocycles. The van der Waals surface area contributed by atoms with Crippen LogP contribution in [-0.2, 0) is 5.41 Å². The largest absolute Gasteiger partial charge is 0.314 e. The second-order valence-corrected chi connectivity index (χ2v) is 14.3. The molecule has 47 heavy (non-hydrogen) atoms.